The van der Waals surface area contributed by atoms with Gasteiger partial charge in [-0.25, -0.2) is 4.68 Å². The summed E-state index contributed by atoms with van der Waals surface area (Å²) >= 11 is -1.02. The van der Waals surface area contributed by atoms with Gasteiger partial charge in [0.05, 0.1) is 10.5 Å². The highest BCUT2D eigenvalue weighted by molar-refractivity contribution is 7.99. The molecule has 1 aromatic carbocycles. The van der Waals surface area contributed by atoms with E-state index in [0.29, 0.717) is 0 Å². The van der Waals surface area contributed by atoms with E-state index >= 15 is 0 Å². The first-order valence-corrected chi connectivity index (χ1v) is 9.10. The van der Waals surface area contributed by atoms with Crippen LogP contribution in [0.1, 0.15) is 15.9 Å². The molecule has 1 heterocycles. The standard InChI is InChI=1S/C12H12F3N5O2S2/c1-20-11(17-18-19-20)16-10(21)6-4-5-7(12(13,14)15)9(24(3)22)8(6)23-2/h4-5H,1-3H3,(H,16,17,19,21). The minimum absolute atomic E-state index is 0.00159. The number of nitrogens with one attached hydrogen (secondary N) is 1. The van der Waals surface area contributed by atoms with Crippen molar-refractivity contribution >= 4 is 34.8 Å². The number of anilines is 1. The molecule has 0 aliphatic heterocycles. The van der Waals surface area contributed by atoms with Gasteiger partial charge in [-0.15, -0.1) is 11.8 Å². The third-order valence-corrected chi connectivity index (χ3v) is 4.96. The van der Waals surface area contributed by atoms with Crippen LogP contribution >= 0.6 is 11.8 Å². The highest BCUT2D eigenvalue weighted by Crippen LogP contribution is 2.40. The number of carbonyl (C=O) groups is 1. The Bertz CT molecular complexity index is 764. The van der Waals surface area contributed by atoms with Gasteiger partial charge in [-0.3, -0.25) is 10.1 Å². The van der Waals surface area contributed by atoms with Crippen molar-refractivity contribution in [2.24, 2.45) is 7.05 Å². The second-order valence-corrected chi connectivity index (χ2v) is 6.69. The number of hydrogen-bond acceptors (Lipinski definition) is 6. The van der Waals surface area contributed by atoms with Gasteiger partial charge in [0.2, 0.25) is 5.95 Å². The molecule has 0 saturated carbocycles. The van der Waals surface area contributed by atoms with Gasteiger partial charge in [-0.05, 0) is 40.0 Å². The zero-order valence-corrected chi connectivity index (χ0v) is 14.3. The van der Waals surface area contributed by atoms with E-state index in [0.717, 1.165) is 30.2 Å². The van der Waals surface area contributed by atoms with Crippen molar-refractivity contribution in [2.75, 3.05) is 17.8 Å². The maximum Gasteiger partial charge on any atom is 0.421 e. The van der Waals surface area contributed by atoms with Crippen molar-refractivity contribution in [1.29, 1.82) is 0 Å². The van der Waals surface area contributed by atoms with Crippen molar-refractivity contribution < 1.29 is 22.5 Å². The monoisotopic (exact) mass is 379 g/mol. The molecule has 2 aromatic rings. The minimum atomic E-state index is -4.67. The van der Waals surface area contributed by atoms with Crippen LogP contribution in [0.25, 0.3) is 0 Å². The van der Waals surface area contributed by atoms with Gasteiger partial charge in [0.25, 0.3) is 5.91 Å². The predicted octanol–water partition coefficient (Wildman–Crippen LogP) is 1.94. The van der Waals surface area contributed by atoms with Crippen molar-refractivity contribution in [3.05, 3.63) is 23.3 Å². The first-order valence-electron chi connectivity index (χ1n) is 6.32. The average molecular weight is 379 g/mol. The first kappa shape index (κ1) is 18.5. The van der Waals surface area contributed by atoms with Gasteiger partial charge < -0.3 is 4.55 Å². The molecule has 0 saturated heterocycles. The summed E-state index contributed by atoms with van der Waals surface area (Å²) < 4.78 is 52.5. The molecule has 0 aliphatic rings. The lowest BCUT2D eigenvalue weighted by atomic mass is 10.1. The van der Waals surface area contributed by atoms with Gasteiger partial charge in [-0.2, -0.15) is 13.2 Å². The van der Waals surface area contributed by atoms with Crippen molar-refractivity contribution in [3.63, 3.8) is 0 Å². The molecule has 7 nitrogen and oxygen atoms in total. The lowest BCUT2D eigenvalue weighted by Gasteiger charge is -2.18. The fraction of sp³-hybridized carbons (Fsp3) is 0.333. The molecule has 12 heteroatoms. The van der Waals surface area contributed by atoms with E-state index in [1.807, 2.05) is 0 Å². The number of benzene rings is 1. The molecule has 24 heavy (non-hydrogen) atoms. The number of amides is 1. The maximum absolute atomic E-state index is 13.1. The normalized spacial score (nSPS) is 13.0. The Hall–Kier alpha value is -1.79. The number of aryl methyl sites for hydroxylation is 1. The lowest BCUT2D eigenvalue weighted by Crippen LogP contribution is -2.20. The fourth-order valence-electron chi connectivity index (χ4n) is 1.96. The van der Waals surface area contributed by atoms with Crippen LogP contribution < -0.4 is 5.32 Å². The Morgan fingerprint density at radius 3 is 2.54 bits per heavy atom. The molecular weight excluding hydrogens is 367 g/mol. The molecule has 0 fully saturated rings. The zero-order valence-electron chi connectivity index (χ0n) is 12.7. The van der Waals surface area contributed by atoms with Gasteiger partial charge in [-0.1, -0.05) is 5.10 Å². The molecule has 1 unspecified atom stereocenters. The van der Waals surface area contributed by atoms with Crippen LogP contribution in [-0.2, 0) is 24.4 Å². The van der Waals surface area contributed by atoms with E-state index in [9.17, 15) is 22.5 Å². The molecule has 0 radical (unpaired) electrons. The number of carbonyl (C=O) groups excluding carboxylic acids is 1. The summed E-state index contributed by atoms with van der Waals surface area (Å²) in [4.78, 5) is 11.9. The van der Waals surface area contributed by atoms with E-state index in [1.54, 1.807) is 0 Å². The topological polar surface area (TPSA) is 95.8 Å². The predicted molar refractivity (Wildman–Crippen MR) is 82.3 cm³/mol. The Labute approximate surface area is 142 Å². The van der Waals surface area contributed by atoms with Gasteiger partial charge in [0.1, 0.15) is 11.8 Å². The molecule has 0 spiro atoms. The number of aromatic nitrogens is 4. The molecule has 0 aliphatic carbocycles. The van der Waals surface area contributed by atoms with Crippen molar-refractivity contribution in [1.82, 2.24) is 20.2 Å². The van der Waals surface area contributed by atoms with Crippen LogP contribution in [0.15, 0.2) is 21.9 Å². The Balaban J connectivity index is 2.53. The number of halogens is 3. The SMILES string of the molecule is CSc1c(C(=O)Nc2nnnn2C)ccc(C(F)(F)F)c1[S+](C)[O-]. The Morgan fingerprint density at radius 2 is 2.08 bits per heavy atom. The number of rotatable bonds is 4. The van der Waals surface area contributed by atoms with Gasteiger partial charge in [0.15, 0.2) is 4.90 Å². The molecule has 2 rings (SSSR count). The number of alkyl halides is 3. The Kier molecular flexibility index (Phi) is 5.40. The summed E-state index contributed by atoms with van der Waals surface area (Å²) in [5.74, 6) is -0.663. The number of hydrogen-bond donors (Lipinski definition) is 1. The summed E-state index contributed by atoms with van der Waals surface area (Å²) in [6.07, 6.45) is -2.03. The van der Waals surface area contributed by atoms with E-state index in [1.165, 1.54) is 18.0 Å². The summed E-state index contributed by atoms with van der Waals surface area (Å²) in [5.41, 5.74) is -1.06. The maximum atomic E-state index is 13.1. The minimum Gasteiger partial charge on any atom is -0.612 e. The zero-order chi connectivity index (χ0) is 18.1. The van der Waals surface area contributed by atoms with Crippen LogP contribution in [0.2, 0.25) is 0 Å². The van der Waals surface area contributed by atoms with E-state index in [2.05, 4.69) is 20.8 Å². The average Bonchev–Trinajstić information content (AvgIpc) is 2.89. The lowest BCUT2D eigenvalue weighted by molar-refractivity contribution is -0.140. The Morgan fingerprint density at radius 1 is 1.42 bits per heavy atom. The molecule has 130 valence electrons. The summed E-state index contributed by atoms with van der Waals surface area (Å²) in [5, 5.41) is 12.9. The number of nitrogens with zero attached hydrogens (tertiary/aromatic N) is 4. The van der Waals surface area contributed by atoms with Crippen molar-refractivity contribution in [2.45, 2.75) is 16.0 Å². The van der Waals surface area contributed by atoms with E-state index in [4.69, 9.17) is 0 Å². The van der Waals surface area contributed by atoms with Crippen LogP contribution in [0.4, 0.5) is 19.1 Å². The molecule has 1 amide bonds. The van der Waals surface area contributed by atoms with Crippen LogP contribution in [0.5, 0.6) is 0 Å². The van der Waals surface area contributed by atoms with E-state index in [-0.39, 0.29) is 16.4 Å². The first-order chi connectivity index (χ1) is 11.2. The molecule has 1 aromatic heterocycles. The molecule has 1 atom stereocenters. The van der Waals surface area contributed by atoms with Gasteiger partial charge >= 0.3 is 6.18 Å². The number of tetrazole rings is 1. The number of thioether (sulfide) groups is 1. The second kappa shape index (κ2) is 6.99. The smallest absolute Gasteiger partial charge is 0.421 e. The third kappa shape index (κ3) is 3.65. The van der Waals surface area contributed by atoms with Crippen molar-refractivity contribution in [3.8, 4) is 0 Å². The summed E-state index contributed by atoms with van der Waals surface area (Å²) in [6, 6.07) is 1.80. The summed E-state index contributed by atoms with van der Waals surface area (Å²) in [6.45, 7) is 0. The highest BCUT2D eigenvalue weighted by atomic mass is 32.2. The van der Waals surface area contributed by atoms with Crippen LogP contribution in [-0.4, -0.2) is 43.2 Å². The summed E-state index contributed by atoms with van der Waals surface area (Å²) in [7, 11) is 1.49. The third-order valence-electron chi connectivity index (χ3n) is 3.00. The van der Waals surface area contributed by atoms with E-state index < -0.39 is 33.7 Å². The quantitative estimate of drug-likeness (QED) is 0.644. The van der Waals surface area contributed by atoms with Crippen LogP contribution in [0.3, 0.4) is 0 Å². The van der Waals surface area contributed by atoms with Gasteiger partial charge in [0, 0.05) is 7.05 Å². The fourth-order valence-corrected chi connectivity index (χ4v) is 4.10. The highest BCUT2D eigenvalue weighted by Gasteiger charge is 2.39. The second-order valence-electron chi connectivity index (χ2n) is 4.56. The molecule has 0 bridgehead atoms. The molecular formula is C12H12F3N5O2S2. The van der Waals surface area contributed by atoms with Crippen LogP contribution in [0, 0.1) is 0 Å². The largest absolute Gasteiger partial charge is 0.612 e. The molecule has 1 N–H and O–H groups in total.